The maximum atomic E-state index is 11.5. The molecule has 0 bridgehead atoms. The second kappa shape index (κ2) is 5.54. The Kier molecular flexibility index (Phi) is 4.01. The van der Waals surface area contributed by atoms with E-state index in [1.54, 1.807) is 0 Å². The fraction of sp³-hybridized carbons (Fsp3) is 0.385. The van der Waals surface area contributed by atoms with Gasteiger partial charge >= 0.3 is 0 Å². The van der Waals surface area contributed by atoms with Crippen LogP contribution in [-0.4, -0.2) is 36.7 Å². The van der Waals surface area contributed by atoms with Crippen molar-refractivity contribution in [3.8, 4) is 0 Å². The number of hydrogen-bond acceptors (Lipinski definition) is 4. The van der Waals surface area contributed by atoms with Gasteiger partial charge < -0.3 is 21.1 Å². The van der Waals surface area contributed by atoms with E-state index in [1.165, 1.54) is 0 Å². The summed E-state index contributed by atoms with van der Waals surface area (Å²) in [7, 11) is 0. The van der Waals surface area contributed by atoms with Crippen LogP contribution in [0.25, 0.3) is 0 Å². The van der Waals surface area contributed by atoms with Crippen LogP contribution in [0.5, 0.6) is 0 Å². The van der Waals surface area contributed by atoms with Gasteiger partial charge in [-0.15, -0.1) is 0 Å². The van der Waals surface area contributed by atoms with Crippen molar-refractivity contribution in [1.29, 1.82) is 0 Å². The number of hydrogen-bond donors (Lipinski definition) is 2. The SMILES string of the molecule is Cc1ccc(C(N)=S)c(N2CCOCC2C(N)=O)c1. The van der Waals surface area contributed by atoms with E-state index in [-0.39, 0.29) is 0 Å². The number of nitrogens with two attached hydrogens (primary N) is 2. The average Bonchev–Trinajstić information content (AvgIpc) is 2.38. The molecule has 1 aliphatic rings. The Morgan fingerprint density at radius 1 is 1.47 bits per heavy atom. The zero-order chi connectivity index (χ0) is 14.0. The van der Waals surface area contributed by atoms with Gasteiger partial charge in [-0.25, -0.2) is 0 Å². The maximum absolute atomic E-state index is 11.5. The third-order valence-corrected chi connectivity index (χ3v) is 3.40. The summed E-state index contributed by atoms with van der Waals surface area (Å²) in [6.07, 6.45) is 0. The van der Waals surface area contributed by atoms with Crippen molar-refractivity contribution in [2.45, 2.75) is 13.0 Å². The molecule has 1 aliphatic heterocycles. The molecule has 1 amide bonds. The van der Waals surface area contributed by atoms with E-state index in [0.29, 0.717) is 24.7 Å². The molecular weight excluding hydrogens is 262 g/mol. The van der Waals surface area contributed by atoms with Gasteiger partial charge in [0, 0.05) is 17.8 Å². The molecule has 4 N–H and O–H groups in total. The lowest BCUT2D eigenvalue weighted by molar-refractivity contribution is -0.121. The van der Waals surface area contributed by atoms with Crippen molar-refractivity contribution in [3.05, 3.63) is 29.3 Å². The van der Waals surface area contributed by atoms with E-state index < -0.39 is 11.9 Å². The number of thiocarbonyl (C=S) groups is 1. The molecule has 1 saturated heterocycles. The number of amides is 1. The minimum absolute atomic E-state index is 0.292. The Labute approximate surface area is 117 Å². The normalized spacial score (nSPS) is 19.2. The van der Waals surface area contributed by atoms with Crippen LogP contribution >= 0.6 is 12.2 Å². The lowest BCUT2D eigenvalue weighted by Crippen LogP contribution is -2.53. The Morgan fingerprint density at radius 2 is 2.21 bits per heavy atom. The van der Waals surface area contributed by atoms with Crippen LogP contribution in [-0.2, 0) is 9.53 Å². The molecule has 1 fully saturated rings. The van der Waals surface area contributed by atoms with Gasteiger partial charge in [-0.1, -0.05) is 18.3 Å². The number of carbonyl (C=O) groups is 1. The van der Waals surface area contributed by atoms with E-state index in [1.807, 2.05) is 30.0 Å². The van der Waals surface area contributed by atoms with Crippen LogP contribution < -0.4 is 16.4 Å². The Morgan fingerprint density at radius 3 is 2.84 bits per heavy atom. The van der Waals surface area contributed by atoms with Crippen LogP contribution in [0.4, 0.5) is 5.69 Å². The summed E-state index contributed by atoms with van der Waals surface area (Å²) < 4.78 is 5.32. The van der Waals surface area contributed by atoms with Gasteiger partial charge in [0.1, 0.15) is 11.0 Å². The van der Waals surface area contributed by atoms with Gasteiger partial charge in [-0.2, -0.15) is 0 Å². The quantitative estimate of drug-likeness (QED) is 0.779. The first-order valence-electron chi connectivity index (χ1n) is 6.05. The summed E-state index contributed by atoms with van der Waals surface area (Å²) >= 11 is 5.07. The number of nitrogens with zero attached hydrogens (tertiary/aromatic N) is 1. The summed E-state index contributed by atoms with van der Waals surface area (Å²) in [6, 6.07) is 5.30. The van der Waals surface area contributed by atoms with Crippen molar-refractivity contribution in [2.24, 2.45) is 11.5 Å². The molecule has 1 unspecified atom stereocenters. The molecule has 2 rings (SSSR count). The first-order chi connectivity index (χ1) is 9.00. The molecule has 6 heteroatoms. The number of morpholine rings is 1. The lowest BCUT2D eigenvalue weighted by Gasteiger charge is -2.36. The molecular formula is C13H17N3O2S. The van der Waals surface area contributed by atoms with Crippen LogP contribution in [0, 0.1) is 6.92 Å². The number of benzene rings is 1. The first-order valence-corrected chi connectivity index (χ1v) is 6.45. The molecule has 0 aliphatic carbocycles. The van der Waals surface area contributed by atoms with Crippen LogP contribution in [0.3, 0.4) is 0 Å². The minimum atomic E-state index is -0.483. The van der Waals surface area contributed by atoms with Gasteiger partial charge in [0.15, 0.2) is 0 Å². The van der Waals surface area contributed by atoms with Crippen molar-refractivity contribution in [1.82, 2.24) is 0 Å². The largest absolute Gasteiger partial charge is 0.389 e. The average molecular weight is 279 g/mol. The van der Waals surface area contributed by atoms with Gasteiger partial charge in [0.05, 0.1) is 13.2 Å². The predicted octanol–water partition coefficient (Wildman–Crippen LogP) is 0.320. The molecule has 5 nitrogen and oxygen atoms in total. The number of aryl methyl sites for hydroxylation is 1. The first kappa shape index (κ1) is 13.8. The summed E-state index contributed by atoms with van der Waals surface area (Å²) in [5.74, 6) is -0.407. The van der Waals surface area contributed by atoms with E-state index in [4.69, 9.17) is 28.4 Å². The summed E-state index contributed by atoms with van der Waals surface area (Å²) in [4.78, 5) is 13.8. The zero-order valence-electron chi connectivity index (χ0n) is 10.8. The van der Waals surface area contributed by atoms with E-state index in [9.17, 15) is 4.79 Å². The van der Waals surface area contributed by atoms with Gasteiger partial charge in [0.25, 0.3) is 0 Å². The smallest absolute Gasteiger partial charge is 0.242 e. The molecule has 0 saturated carbocycles. The molecule has 19 heavy (non-hydrogen) atoms. The molecule has 0 radical (unpaired) electrons. The molecule has 1 aromatic carbocycles. The third-order valence-electron chi connectivity index (χ3n) is 3.19. The summed E-state index contributed by atoms with van der Waals surface area (Å²) in [5, 5.41) is 0. The predicted molar refractivity (Wildman–Crippen MR) is 78.2 cm³/mol. The molecule has 1 aromatic rings. The standard InChI is InChI=1S/C13H17N3O2S/c1-8-2-3-9(13(15)19)10(6-8)16-4-5-18-7-11(16)12(14)17/h2-3,6,11H,4-5,7H2,1H3,(H2,14,17)(H2,15,19). The fourth-order valence-electron chi connectivity index (χ4n) is 2.22. The highest BCUT2D eigenvalue weighted by molar-refractivity contribution is 7.80. The lowest BCUT2D eigenvalue weighted by atomic mass is 10.1. The highest BCUT2D eigenvalue weighted by Crippen LogP contribution is 2.26. The summed E-state index contributed by atoms with van der Waals surface area (Å²) in [6.45, 7) is 3.41. The third kappa shape index (κ3) is 2.85. The summed E-state index contributed by atoms with van der Waals surface area (Å²) in [5.41, 5.74) is 13.9. The van der Waals surface area contributed by atoms with Crippen LogP contribution in [0.1, 0.15) is 11.1 Å². The van der Waals surface area contributed by atoms with E-state index in [2.05, 4.69) is 0 Å². The van der Waals surface area contributed by atoms with Crippen molar-refractivity contribution in [3.63, 3.8) is 0 Å². The molecule has 0 aromatic heterocycles. The van der Waals surface area contributed by atoms with Gasteiger partial charge in [-0.05, 0) is 24.6 Å². The number of ether oxygens (including phenoxy) is 1. The Bertz CT molecular complexity index is 519. The second-order valence-corrected chi connectivity index (χ2v) is 5.01. The van der Waals surface area contributed by atoms with Gasteiger partial charge in [-0.3, -0.25) is 4.79 Å². The highest BCUT2D eigenvalue weighted by Gasteiger charge is 2.29. The van der Waals surface area contributed by atoms with Crippen molar-refractivity contribution in [2.75, 3.05) is 24.7 Å². The number of anilines is 1. The molecule has 1 atom stereocenters. The Hall–Kier alpha value is -1.66. The van der Waals surface area contributed by atoms with Gasteiger partial charge in [0.2, 0.25) is 5.91 Å². The topological polar surface area (TPSA) is 81.6 Å². The molecule has 0 spiro atoms. The minimum Gasteiger partial charge on any atom is -0.389 e. The van der Waals surface area contributed by atoms with E-state index in [0.717, 1.165) is 16.8 Å². The number of rotatable bonds is 3. The zero-order valence-corrected chi connectivity index (χ0v) is 11.6. The Balaban J connectivity index is 2.46. The molecule has 1 heterocycles. The maximum Gasteiger partial charge on any atom is 0.242 e. The number of carbonyl (C=O) groups excluding carboxylic acids is 1. The van der Waals surface area contributed by atoms with E-state index >= 15 is 0 Å². The van der Waals surface area contributed by atoms with Crippen molar-refractivity contribution >= 4 is 28.8 Å². The highest BCUT2D eigenvalue weighted by atomic mass is 32.1. The van der Waals surface area contributed by atoms with Crippen molar-refractivity contribution < 1.29 is 9.53 Å². The number of primary amides is 1. The second-order valence-electron chi connectivity index (χ2n) is 4.57. The fourth-order valence-corrected chi connectivity index (χ4v) is 2.39. The van der Waals surface area contributed by atoms with Crippen LogP contribution in [0.2, 0.25) is 0 Å². The molecule has 102 valence electrons. The monoisotopic (exact) mass is 279 g/mol. The van der Waals surface area contributed by atoms with Crippen LogP contribution in [0.15, 0.2) is 18.2 Å².